The molecule has 3 saturated heterocycles. The topological polar surface area (TPSA) is 90.9 Å². The number of likely N-dealkylation sites (tertiary alicyclic amines) is 2. The van der Waals surface area contributed by atoms with Gasteiger partial charge in [-0.05, 0) is 89.7 Å². The number of anilines is 1. The number of nitrogens with zero attached hydrogens (tertiary/aromatic N) is 5. The van der Waals surface area contributed by atoms with E-state index in [0.717, 1.165) is 38.0 Å². The van der Waals surface area contributed by atoms with Crippen molar-refractivity contribution in [1.82, 2.24) is 25.1 Å². The Labute approximate surface area is 267 Å². The predicted molar refractivity (Wildman–Crippen MR) is 166 cm³/mol. The van der Waals surface area contributed by atoms with E-state index in [4.69, 9.17) is 9.72 Å². The average molecular weight is 641 g/mol. The molecule has 46 heavy (non-hydrogen) atoms. The first-order valence-corrected chi connectivity index (χ1v) is 16.8. The molecule has 7 rings (SSSR count). The van der Waals surface area contributed by atoms with Gasteiger partial charge in [0.1, 0.15) is 5.41 Å². The van der Waals surface area contributed by atoms with Crippen LogP contribution in [0.15, 0.2) is 30.5 Å². The van der Waals surface area contributed by atoms with Crippen molar-refractivity contribution in [3.8, 4) is 17.1 Å². The van der Waals surface area contributed by atoms with Crippen LogP contribution in [0, 0.1) is 10.8 Å². The summed E-state index contributed by atoms with van der Waals surface area (Å²) in [6.45, 7) is 5.00. The molecule has 1 N–H and O–H groups in total. The highest BCUT2D eigenvalue weighted by Gasteiger charge is 2.67. The first-order valence-electron chi connectivity index (χ1n) is 16.8. The van der Waals surface area contributed by atoms with E-state index in [9.17, 15) is 22.8 Å². The Morgan fingerprint density at radius 1 is 1.02 bits per heavy atom. The molecule has 1 spiro atoms. The molecule has 0 unspecified atom stereocenters. The maximum Gasteiger partial charge on any atom is 0.403 e. The molecular formula is C34H43F3N6O3. The largest absolute Gasteiger partial charge is 0.477 e. The van der Waals surface area contributed by atoms with Gasteiger partial charge >= 0.3 is 6.18 Å². The van der Waals surface area contributed by atoms with E-state index in [1.54, 1.807) is 11.1 Å². The van der Waals surface area contributed by atoms with Gasteiger partial charge in [0, 0.05) is 49.4 Å². The number of halogens is 3. The van der Waals surface area contributed by atoms with Gasteiger partial charge in [-0.25, -0.2) is 9.97 Å². The van der Waals surface area contributed by atoms with Crippen LogP contribution in [0.1, 0.15) is 75.2 Å². The van der Waals surface area contributed by atoms with Crippen LogP contribution in [0.3, 0.4) is 0 Å². The van der Waals surface area contributed by atoms with Crippen molar-refractivity contribution in [2.75, 3.05) is 44.7 Å². The fraction of sp³-hybridized carbons (Fsp3) is 0.647. The highest BCUT2D eigenvalue weighted by atomic mass is 19.4. The molecule has 248 valence electrons. The summed E-state index contributed by atoms with van der Waals surface area (Å²) in [5.74, 6) is -0.513. The third-order valence-corrected chi connectivity index (χ3v) is 11.6. The fourth-order valence-corrected chi connectivity index (χ4v) is 9.35. The zero-order valence-corrected chi connectivity index (χ0v) is 26.6. The minimum atomic E-state index is -4.55. The number of hydrogen-bond donors (Lipinski definition) is 1. The number of carbonyl (C=O) groups is 2. The lowest BCUT2D eigenvalue weighted by molar-refractivity contribution is -0.226. The number of aromatic nitrogens is 2. The number of likely N-dealkylation sites (N-methyl/N-ethyl adjacent to an activating group) is 1. The lowest BCUT2D eigenvalue weighted by Gasteiger charge is -2.38. The van der Waals surface area contributed by atoms with Gasteiger partial charge < -0.3 is 24.8 Å². The lowest BCUT2D eigenvalue weighted by atomic mass is 9.78. The van der Waals surface area contributed by atoms with Gasteiger partial charge in [0.05, 0.1) is 23.6 Å². The second kappa shape index (κ2) is 11.7. The minimum absolute atomic E-state index is 0.00917. The van der Waals surface area contributed by atoms with E-state index >= 15 is 0 Å². The molecule has 0 radical (unpaired) electrons. The van der Waals surface area contributed by atoms with Crippen molar-refractivity contribution in [3.05, 3.63) is 36.2 Å². The zero-order chi connectivity index (χ0) is 32.3. The van der Waals surface area contributed by atoms with E-state index in [-0.39, 0.29) is 42.3 Å². The van der Waals surface area contributed by atoms with Gasteiger partial charge in [0.2, 0.25) is 11.8 Å². The van der Waals surface area contributed by atoms with Crippen LogP contribution < -0.4 is 15.0 Å². The van der Waals surface area contributed by atoms with Crippen LogP contribution in [0.25, 0.3) is 11.3 Å². The summed E-state index contributed by atoms with van der Waals surface area (Å²) < 4.78 is 49.0. The normalized spacial score (nSPS) is 28.8. The lowest BCUT2D eigenvalue weighted by Crippen LogP contribution is -2.53. The maximum atomic E-state index is 14.4. The van der Waals surface area contributed by atoms with E-state index in [2.05, 4.69) is 20.1 Å². The highest BCUT2D eigenvalue weighted by molar-refractivity contribution is 5.99. The quantitative estimate of drug-likeness (QED) is 0.453. The molecule has 3 aliphatic heterocycles. The Hall–Kier alpha value is -3.41. The van der Waals surface area contributed by atoms with Crippen LogP contribution in [0.4, 0.5) is 18.9 Å². The Kier molecular flexibility index (Phi) is 7.92. The molecule has 5 aliphatic rings. The third kappa shape index (κ3) is 4.93. The molecule has 0 bridgehead atoms. The standard InChI is InChI=1S/C34H43F3N6O3/c1-3-46-30-23(7-6-17-38-30)24-8-9-25(28(40-24)29(44)39-22-12-18-41(2)21-22)42-19-15-32-16-20-43(27(32)11-10-26(32)42)31(45)33(34(35,36)37)13-4-5-14-33/h6-9,17,22,26-27H,3-5,10-16,18-21H2,1-2H3,(H,39,44)/t22-,26+,27+,32-/m1/s1. The third-order valence-electron chi connectivity index (χ3n) is 11.6. The molecule has 2 aromatic rings. The zero-order valence-electron chi connectivity index (χ0n) is 26.6. The Bertz CT molecular complexity index is 1500. The van der Waals surface area contributed by atoms with Crippen molar-refractivity contribution in [1.29, 1.82) is 0 Å². The van der Waals surface area contributed by atoms with Crippen molar-refractivity contribution >= 4 is 17.5 Å². The number of amides is 2. The van der Waals surface area contributed by atoms with Gasteiger partial charge in [-0.2, -0.15) is 13.2 Å². The number of ether oxygens (including phenoxy) is 1. The van der Waals surface area contributed by atoms with E-state index in [1.165, 1.54) is 0 Å². The molecule has 2 aromatic heterocycles. The summed E-state index contributed by atoms with van der Waals surface area (Å²) in [6, 6.07) is 7.33. The first kappa shape index (κ1) is 31.2. The van der Waals surface area contributed by atoms with Crippen molar-refractivity contribution in [2.24, 2.45) is 10.8 Å². The fourth-order valence-electron chi connectivity index (χ4n) is 9.35. The minimum Gasteiger partial charge on any atom is -0.477 e. The number of alkyl halides is 3. The molecule has 9 nitrogen and oxygen atoms in total. The number of nitrogens with one attached hydrogen (secondary N) is 1. The van der Waals surface area contributed by atoms with Gasteiger partial charge in [-0.15, -0.1) is 0 Å². The first-order chi connectivity index (χ1) is 22.1. The number of carbonyl (C=O) groups excluding carboxylic acids is 2. The van der Waals surface area contributed by atoms with Crippen LogP contribution >= 0.6 is 0 Å². The summed E-state index contributed by atoms with van der Waals surface area (Å²) in [6.07, 6.45) is 1.45. The van der Waals surface area contributed by atoms with Crippen LogP contribution in [-0.2, 0) is 4.79 Å². The Morgan fingerprint density at radius 2 is 1.78 bits per heavy atom. The van der Waals surface area contributed by atoms with Crippen LogP contribution in [-0.4, -0.2) is 95.7 Å². The van der Waals surface area contributed by atoms with Gasteiger partial charge in [0.25, 0.3) is 5.91 Å². The summed E-state index contributed by atoms with van der Waals surface area (Å²) in [4.78, 5) is 43.1. The van der Waals surface area contributed by atoms with Crippen molar-refractivity contribution < 1.29 is 27.5 Å². The molecule has 2 aliphatic carbocycles. The second-order valence-corrected chi connectivity index (χ2v) is 13.9. The molecule has 5 fully saturated rings. The van der Waals surface area contributed by atoms with Crippen molar-refractivity contribution in [3.63, 3.8) is 0 Å². The molecule has 2 amide bonds. The number of rotatable bonds is 7. The smallest absolute Gasteiger partial charge is 0.403 e. The van der Waals surface area contributed by atoms with E-state index < -0.39 is 17.5 Å². The van der Waals surface area contributed by atoms with E-state index in [0.29, 0.717) is 68.2 Å². The average Bonchev–Trinajstić information content (AvgIpc) is 3.85. The van der Waals surface area contributed by atoms with E-state index in [1.807, 2.05) is 38.2 Å². The van der Waals surface area contributed by atoms with Gasteiger partial charge in [0.15, 0.2) is 5.69 Å². The SMILES string of the molecule is CCOc1ncccc1-c1ccc(N2CC[C@]34CCN(C(=O)C5(C(F)(F)F)CCCC5)[C@H]3CC[C@H]24)c(C(=O)N[C@@H]2CCN(C)C2)n1. The van der Waals surface area contributed by atoms with Crippen LogP contribution in [0.5, 0.6) is 5.88 Å². The molecule has 12 heteroatoms. The monoisotopic (exact) mass is 640 g/mol. The predicted octanol–water partition coefficient (Wildman–Crippen LogP) is 5.06. The van der Waals surface area contributed by atoms with Crippen LogP contribution in [0.2, 0.25) is 0 Å². The molecule has 0 aromatic carbocycles. The highest BCUT2D eigenvalue weighted by Crippen LogP contribution is 2.60. The summed E-state index contributed by atoms with van der Waals surface area (Å²) in [5.41, 5.74) is -0.219. The molecular weight excluding hydrogens is 597 g/mol. The summed E-state index contributed by atoms with van der Waals surface area (Å²) in [5, 5.41) is 3.21. The van der Waals surface area contributed by atoms with Crippen molar-refractivity contribution in [2.45, 2.75) is 89.0 Å². The molecule has 4 atom stereocenters. The maximum absolute atomic E-state index is 14.4. The van der Waals surface area contributed by atoms with Gasteiger partial charge in [-0.3, -0.25) is 9.59 Å². The van der Waals surface area contributed by atoms with Gasteiger partial charge in [-0.1, -0.05) is 12.8 Å². The summed E-state index contributed by atoms with van der Waals surface area (Å²) in [7, 11) is 2.03. The Morgan fingerprint density at radius 3 is 2.50 bits per heavy atom. The Balaban J connectivity index is 1.20. The number of hydrogen-bond acceptors (Lipinski definition) is 7. The second-order valence-electron chi connectivity index (χ2n) is 13.9. The summed E-state index contributed by atoms with van der Waals surface area (Å²) >= 11 is 0. The molecule has 5 heterocycles. The number of pyridine rings is 2. The molecule has 2 saturated carbocycles.